The molecule has 1 atom stereocenters. The summed E-state index contributed by atoms with van der Waals surface area (Å²) in [6.07, 6.45) is 0.477. The summed E-state index contributed by atoms with van der Waals surface area (Å²) >= 11 is 0. The summed E-state index contributed by atoms with van der Waals surface area (Å²) < 4.78 is 35.6. The lowest BCUT2D eigenvalue weighted by atomic mass is 9.86. The highest BCUT2D eigenvalue weighted by molar-refractivity contribution is 8.25. The Morgan fingerprint density at radius 3 is 2.54 bits per heavy atom. The number of ketones is 1. The van der Waals surface area contributed by atoms with Gasteiger partial charge in [0.05, 0.1) is 29.4 Å². The zero-order valence-electron chi connectivity index (χ0n) is 20.3. The molecule has 2 aliphatic rings. The summed E-state index contributed by atoms with van der Waals surface area (Å²) in [4.78, 5) is 31.0. The third kappa shape index (κ3) is 5.58. The smallest absolute Gasteiger partial charge is 0.228 e. The molecule has 0 aliphatic carbocycles. The Bertz CT molecular complexity index is 1210. The maximum Gasteiger partial charge on any atom is 0.228 e. The minimum atomic E-state index is -3.05. The van der Waals surface area contributed by atoms with E-state index in [1.807, 2.05) is 24.3 Å². The summed E-state index contributed by atoms with van der Waals surface area (Å²) in [5, 5.41) is 0. The van der Waals surface area contributed by atoms with Crippen molar-refractivity contribution in [3.63, 3.8) is 0 Å². The molecule has 0 saturated carbocycles. The monoisotopic (exact) mass is 501 g/mol. The number of amides is 1. The summed E-state index contributed by atoms with van der Waals surface area (Å²) in [6.45, 7) is 7.07. The van der Waals surface area contributed by atoms with E-state index in [2.05, 4.69) is 25.8 Å². The zero-order chi connectivity index (χ0) is 25.5. The summed E-state index contributed by atoms with van der Waals surface area (Å²) in [6, 6.07) is 10.8. The number of hydrogen-bond acceptors (Lipinski definition) is 6. The Morgan fingerprint density at radius 1 is 1.17 bits per heavy atom. The quantitative estimate of drug-likeness (QED) is 0.410. The molecule has 2 fully saturated rings. The first-order valence-electron chi connectivity index (χ1n) is 11.6. The van der Waals surface area contributed by atoms with Gasteiger partial charge in [0.15, 0.2) is 5.78 Å². The Morgan fingerprint density at radius 2 is 1.91 bits per heavy atom. The first kappa shape index (κ1) is 25.3. The topological polar surface area (TPSA) is 116 Å². The highest BCUT2D eigenvalue weighted by Crippen LogP contribution is 2.45. The van der Waals surface area contributed by atoms with Gasteiger partial charge in [0.25, 0.3) is 0 Å². The Balaban J connectivity index is 1.56. The minimum Gasteiger partial charge on any atom is -0.395 e. The second kappa shape index (κ2) is 9.37. The Kier molecular flexibility index (Phi) is 6.78. The van der Waals surface area contributed by atoms with Crippen LogP contribution in [0.2, 0.25) is 0 Å². The lowest BCUT2D eigenvalue weighted by Crippen LogP contribution is -2.44. The van der Waals surface area contributed by atoms with Crippen molar-refractivity contribution >= 4 is 39.4 Å². The van der Waals surface area contributed by atoms with Crippen molar-refractivity contribution in [2.75, 3.05) is 28.7 Å². The third-order valence-corrected chi connectivity index (χ3v) is 8.20. The number of nitrogen functional groups attached to an aromatic ring is 1. The molecule has 7 nitrogen and oxygen atoms in total. The van der Waals surface area contributed by atoms with Gasteiger partial charge in [-0.1, -0.05) is 45.0 Å². The fourth-order valence-corrected chi connectivity index (χ4v) is 6.14. The van der Waals surface area contributed by atoms with Crippen molar-refractivity contribution in [3.05, 3.63) is 58.9 Å². The Labute approximate surface area is 206 Å². The van der Waals surface area contributed by atoms with E-state index in [0.717, 1.165) is 11.1 Å². The molecule has 9 heteroatoms. The number of halogens is 1. The van der Waals surface area contributed by atoms with Gasteiger partial charge in [-0.15, -0.1) is 0 Å². The number of nitrogens with zero attached hydrogens (tertiary/aromatic N) is 2. The predicted molar refractivity (Wildman–Crippen MR) is 139 cm³/mol. The largest absolute Gasteiger partial charge is 0.395 e. The standard InChI is InChI=1S/C26H32FN3O4S/c1-26(2,3)19-6-4-5-16(10-19)13-29-21-15-35(33,34)14-18(25(21)32)9-17-11-20(27)24(28)22(12-17)30-8-7-23(30)31/h4-6,10-12,18,33-34H,7-9,13-15,28H2,1-3H3/t18-/m1/s1. The number of aliphatic imine (C=N–C) groups is 1. The van der Waals surface area contributed by atoms with Crippen LogP contribution >= 0.6 is 10.6 Å². The first-order chi connectivity index (χ1) is 16.3. The number of β-lactam (4-membered cyclic amide) rings is 1. The van der Waals surface area contributed by atoms with Crippen molar-refractivity contribution in [1.82, 2.24) is 0 Å². The molecule has 2 aromatic rings. The van der Waals surface area contributed by atoms with E-state index in [-0.39, 0.29) is 53.0 Å². The van der Waals surface area contributed by atoms with Gasteiger partial charge in [0, 0.05) is 24.6 Å². The van der Waals surface area contributed by atoms with Crippen molar-refractivity contribution in [1.29, 1.82) is 0 Å². The molecule has 0 aromatic heterocycles. The van der Waals surface area contributed by atoms with E-state index < -0.39 is 22.3 Å². The highest BCUT2D eigenvalue weighted by atomic mass is 32.3. The molecule has 2 aromatic carbocycles. The van der Waals surface area contributed by atoms with Gasteiger partial charge < -0.3 is 10.6 Å². The zero-order valence-corrected chi connectivity index (χ0v) is 21.1. The van der Waals surface area contributed by atoms with E-state index >= 15 is 0 Å². The number of Topliss-reactive ketones (excluding diaryl/α,β-unsaturated/α-hetero) is 1. The van der Waals surface area contributed by atoms with Crippen LogP contribution in [0.5, 0.6) is 0 Å². The van der Waals surface area contributed by atoms with Crippen LogP contribution in [0.1, 0.15) is 43.9 Å². The van der Waals surface area contributed by atoms with Gasteiger partial charge in [-0.05, 0) is 40.7 Å². The number of carbonyl (C=O) groups excluding carboxylic acids is 2. The molecule has 2 aliphatic heterocycles. The maximum absolute atomic E-state index is 14.5. The van der Waals surface area contributed by atoms with Crippen LogP contribution in [0.3, 0.4) is 0 Å². The molecule has 35 heavy (non-hydrogen) atoms. The first-order valence-corrected chi connectivity index (χ1v) is 13.5. The number of anilines is 2. The van der Waals surface area contributed by atoms with E-state index in [0.29, 0.717) is 24.2 Å². The average molecular weight is 502 g/mol. The molecular formula is C26H32FN3O4S. The number of rotatable bonds is 5. The molecule has 0 radical (unpaired) electrons. The van der Waals surface area contributed by atoms with Crippen LogP contribution < -0.4 is 10.6 Å². The summed E-state index contributed by atoms with van der Waals surface area (Å²) in [5.41, 5.74) is 8.70. The molecule has 4 N–H and O–H groups in total. The van der Waals surface area contributed by atoms with Crippen molar-refractivity contribution in [2.45, 2.75) is 45.6 Å². The summed E-state index contributed by atoms with van der Waals surface area (Å²) in [7, 11) is -3.05. The van der Waals surface area contributed by atoms with Gasteiger partial charge in [-0.25, -0.2) is 4.39 Å². The fraction of sp³-hybridized carbons (Fsp3) is 0.423. The number of carbonyl (C=O) groups is 2. The van der Waals surface area contributed by atoms with Crippen LogP contribution in [-0.4, -0.2) is 44.6 Å². The van der Waals surface area contributed by atoms with Gasteiger partial charge in [-0.2, -0.15) is 10.6 Å². The van der Waals surface area contributed by atoms with Gasteiger partial charge in [0.2, 0.25) is 5.91 Å². The molecule has 188 valence electrons. The fourth-order valence-electron chi connectivity index (χ4n) is 4.43. The van der Waals surface area contributed by atoms with Crippen LogP contribution in [0, 0.1) is 11.7 Å². The van der Waals surface area contributed by atoms with Crippen molar-refractivity contribution < 1.29 is 23.1 Å². The number of nitrogens with two attached hydrogens (primary N) is 1. The second-order valence-electron chi connectivity index (χ2n) is 10.4. The van der Waals surface area contributed by atoms with E-state index in [4.69, 9.17) is 5.73 Å². The molecule has 0 unspecified atom stereocenters. The molecule has 0 bridgehead atoms. The molecular weight excluding hydrogens is 469 g/mol. The van der Waals surface area contributed by atoms with E-state index in [9.17, 15) is 23.1 Å². The van der Waals surface area contributed by atoms with E-state index in [1.165, 1.54) is 11.0 Å². The lowest BCUT2D eigenvalue weighted by molar-refractivity contribution is -0.122. The average Bonchev–Trinajstić information content (AvgIpc) is 2.76. The van der Waals surface area contributed by atoms with Crippen LogP contribution in [0.15, 0.2) is 41.4 Å². The maximum atomic E-state index is 14.5. The van der Waals surface area contributed by atoms with Gasteiger partial charge in [0.1, 0.15) is 5.82 Å². The normalized spacial score (nSPS) is 22.3. The van der Waals surface area contributed by atoms with Crippen molar-refractivity contribution in [2.24, 2.45) is 10.9 Å². The van der Waals surface area contributed by atoms with Crippen LogP contribution in [0.4, 0.5) is 15.8 Å². The molecule has 0 spiro atoms. The third-order valence-electron chi connectivity index (χ3n) is 6.53. The molecule has 2 heterocycles. The predicted octanol–water partition coefficient (Wildman–Crippen LogP) is 4.58. The summed E-state index contributed by atoms with van der Waals surface area (Å²) in [5.74, 6) is -2.10. The van der Waals surface area contributed by atoms with E-state index in [1.54, 1.807) is 6.07 Å². The molecule has 1 amide bonds. The van der Waals surface area contributed by atoms with Crippen molar-refractivity contribution in [3.8, 4) is 0 Å². The van der Waals surface area contributed by atoms with Gasteiger partial charge >= 0.3 is 0 Å². The molecule has 2 saturated heterocycles. The number of benzene rings is 2. The van der Waals surface area contributed by atoms with Gasteiger partial charge in [-0.3, -0.25) is 23.7 Å². The molecule has 4 rings (SSSR count). The lowest BCUT2D eigenvalue weighted by Gasteiger charge is -2.40. The minimum absolute atomic E-state index is 0.0295. The second-order valence-corrected chi connectivity index (χ2v) is 12.6. The Hall–Kier alpha value is -2.75. The van der Waals surface area contributed by atoms with Crippen LogP contribution in [-0.2, 0) is 28.0 Å². The highest BCUT2D eigenvalue weighted by Gasteiger charge is 2.37. The number of hydrogen-bond donors (Lipinski definition) is 3. The van der Waals surface area contributed by atoms with Crippen LogP contribution in [0.25, 0.3) is 0 Å². The SMILES string of the molecule is CC(C)(C)c1cccc(CN=C2CS(O)(O)C[C@@H](Cc3cc(F)c(N)c(N4CCC4=O)c3)C2=O)c1.